The van der Waals surface area contributed by atoms with E-state index in [9.17, 15) is 18.0 Å². The molecule has 1 N–H and O–H groups in total. The van der Waals surface area contributed by atoms with Crippen LogP contribution in [0.1, 0.15) is 39.2 Å². The van der Waals surface area contributed by atoms with Crippen molar-refractivity contribution in [3.05, 3.63) is 35.9 Å². The Morgan fingerprint density at radius 2 is 1.81 bits per heavy atom. The summed E-state index contributed by atoms with van der Waals surface area (Å²) < 4.78 is 34.0. The molecule has 0 radical (unpaired) electrons. The molecule has 1 rings (SSSR count). The number of nitrogens with one attached hydrogen (secondary N) is 1. The lowest BCUT2D eigenvalue weighted by atomic mass is 9.91. The van der Waals surface area contributed by atoms with Crippen LogP contribution in [0, 0.1) is 5.41 Å². The lowest BCUT2D eigenvalue weighted by molar-refractivity contribution is -0.147. The second-order valence-electron chi connectivity index (χ2n) is 6.85. The summed E-state index contributed by atoms with van der Waals surface area (Å²) >= 11 is 0. The van der Waals surface area contributed by atoms with Gasteiger partial charge in [-0.15, -0.1) is 0 Å². The van der Waals surface area contributed by atoms with Crippen LogP contribution in [-0.4, -0.2) is 39.2 Å². The van der Waals surface area contributed by atoms with Gasteiger partial charge in [-0.3, -0.25) is 13.8 Å². The van der Waals surface area contributed by atoms with E-state index >= 15 is 0 Å². The van der Waals surface area contributed by atoms with Gasteiger partial charge >= 0.3 is 5.97 Å². The number of carbonyl (C=O) groups excluding carboxylic acids is 2. The predicted octanol–water partition coefficient (Wildman–Crippen LogP) is 2.02. The number of ether oxygens (including phenoxy) is 1. The summed E-state index contributed by atoms with van der Waals surface area (Å²) in [4.78, 5) is 22.7. The Balaban J connectivity index is 2.35. The monoisotopic (exact) mass is 385 g/mol. The predicted molar refractivity (Wildman–Crippen MR) is 97.7 cm³/mol. The van der Waals surface area contributed by atoms with Crippen LogP contribution in [0.4, 0.5) is 0 Å². The van der Waals surface area contributed by atoms with E-state index in [1.165, 1.54) is 6.92 Å². The zero-order valence-electron chi connectivity index (χ0n) is 15.5. The van der Waals surface area contributed by atoms with Gasteiger partial charge in [0.2, 0.25) is 5.91 Å². The first-order chi connectivity index (χ1) is 12.1. The highest BCUT2D eigenvalue weighted by Gasteiger charge is 2.26. The Bertz CT molecular complexity index is 685. The van der Waals surface area contributed by atoms with Crippen LogP contribution < -0.4 is 5.32 Å². The molecule has 1 aromatic rings. The van der Waals surface area contributed by atoms with Crippen molar-refractivity contribution in [2.24, 2.45) is 5.41 Å². The lowest BCUT2D eigenvalue weighted by Crippen LogP contribution is -2.28. The van der Waals surface area contributed by atoms with E-state index in [1.807, 2.05) is 30.3 Å². The molecule has 0 aromatic heterocycles. The maximum Gasteiger partial charge on any atom is 0.306 e. The molecule has 26 heavy (non-hydrogen) atoms. The van der Waals surface area contributed by atoms with Crippen LogP contribution in [0.5, 0.6) is 0 Å². The van der Waals surface area contributed by atoms with Gasteiger partial charge in [0.15, 0.2) is 0 Å². The minimum atomic E-state index is -3.71. The zero-order chi connectivity index (χ0) is 19.6. The fraction of sp³-hybridized carbons (Fsp3) is 0.556. The molecule has 146 valence electrons. The van der Waals surface area contributed by atoms with Gasteiger partial charge < -0.3 is 10.1 Å². The van der Waals surface area contributed by atoms with Crippen molar-refractivity contribution in [3.63, 3.8) is 0 Å². The number of carbonyl (C=O) groups is 2. The van der Waals surface area contributed by atoms with Gasteiger partial charge in [0.05, 0.1) is 18.8 Å². The Morgan fingerprint density at radius 1 is 1.15 bits per heavy atom. The molecule has 0 saturated carbocycles. The highest BCUT2D eigenvalue weighted by molar-refractivity contribution is 7.86. The van der Waals surface area contributed by atoms with Crippen LogP contribution in [-0.2, 0) is 35.2 Å². The third-order valence-corrected chi connectivity index (χ3v) is 4.71. The number of esters is 1. The summed E-state index contributed by atoms with van der Waals surface area (Å²) in [5.41, 5.74) is 0.204. The zero-order valence-corrected chi connectivity index (χ0v) is 16.3. The Labute approximate surface area is 155 Å². The van der Waals surface area contributed by atoms with Crippen molar-refractivity contribution in [2.75, 3.05) is 18.9 Å². The van der Waals surface area contributed by atoms with Gasteiger partial charge in [-0.1, -0.05) is 44.2 Å². The number of benzene rings is 1. The molecule has 0 unspecified atom stereocenters. The molecule has 1 aromatic carbocycles. The maximum atomic E-state index is 12.0. The van der Waals surface area contributed by atoms with E-state index < -0.39 is 21.5 Å². The van der Waals surface area contributed by atoms with Crippen LogP contribution in [0.2, 0.25) is 0 Å². The highest BCUT2D eigenvalue weighted by Crippen LogP contribution is 2.23. The molecule has 7 nitrogen and oxygen atoms in total. The first kappa shape index (κ1) is 22.1. The van der Waals surface area contributed by atoms with Crippen molar-refractivity contribution in [2.45, 2.75) is 40.2 Å². The summed E-state index contributed by atoms with van der Waals surface area (Å²) in [5, 5.41) is 2.52. The number of hydrogen-bond acceptors (Lipinski definition) is 6. The molecule has 0 bridgehead atoms. The third-order valence-electron chi connectivity index (χ3n) is 3.44. The molecule has 0 heterocycles. The number of hydrogen-bond donors (Lipinski definition) is 1. The fourth-order valence-electron chi connectivity index (χ4n) is 2.05. The van der Waals surface area contributed by atoms with Crippen LogP contribution in [0.25, 0.3) is 0 Å². The quantitative estimate of drug-likeness (QED) is 0.355. The van der Waals surface area contributed by atoms with Gasteiger partial charge in [-0.25, -0.2) is 0 Å². The molecule has 0 spiro atoms. The van der Waals surface area contributed by atoms with E-state index in [2.05, 4.69) is 5.32 Å². The molecule has 0 fully saturated rings. The molecule has 0 atom stereocenters. The molecule has 0 saturated heterocycles. The minimum Gasteiger partial charge on any atom is -0.461 e. The Kier molecular flexibility index (Phi) is 8.74. The summed E-state index contributed by atoms with van der Waals surface area (Å²) in [5.74, 6) is -0.814. The average Bonchev–Trinajstić information content (AvgIpc) is 2.56. The summed E-state index contributed by atoms with van der Waals surface area (Å²) in [6, 6.07) is 9.31. The molecule has 8 heteroatoms. The standard InChI is InChI=1S/C18H27NO6S/c1-15(20)19-10-7-11-26(22,23)25-14-18(2,3)12-17(21)24-13-16-8-5-4-6-9-16/h4-6,8-9H,7,10-14H2,1-3H3,(H,19,20). The van der Waals surface area contributed by atoms with Crippen molar-refractivity contribution < 1.29 is 26.9 Å². The summed E-state index contributed by atoms with van der Waals surface area (Å²) in [6.07, 6.45) is 0.308. The molecular weight excluding hydrogens is 358 g/mol. The number of amides is 1. The Morgan fingerprint density at radius 3 is 2.42 bits per heavy atom. The van der Waals surface area contributed by atoms with Crippen LogP contribution >= 0.6 is 0 Å². The van der Waals surface area contributed by atoms with Gasteiger partial charge in [-0.2, -0.15) is 8.42 Å². The second-order valence-corrected chi connectivity index (χ2v) is 8.61. The van der Waals surface area contributed by atoms with Crippen LogP contribution in [0.15, 0.2) is 30.3 Å². The SMILES string of the molecule is CC(=O)NCCCS(=O)(=O)OCC(C)(C)CC(=O)OCc1ccccc1. The summed E-state index contributed by atoms with van der Waals surface area (Å²) in [7, 11) is -3.71. The van der Waals surface area contributed by atoms with Gasteiger partial charge in [0, 0.05) is 13.5 Å². The van der Waals surface area contributed by atoms with Gasteiger partial charge in [0.1, 0.15) is 6.61 Å². The molecule has 0 aliphatic carbocycles. The Hall–Kier alpha value is -1.93. The van der Waals surface area contributed by atoms with E-state index in [4.69, 9.17) is 8.92 Å². The van der Waals surface area contributed by atoms with Crippen molar-refractivity contribution >= 4 is 22.0 Å². The first-order valence-corrected chi connectivity index (χ1v) is 9.98. The normalized spacial score (nSPS) is 11.8. The van der Waals surface area contributed by atoms with Crippen molar-refractivity contribution in [3.8, 4) is 0 Å². The van der Waals surface area contributed by atoms with Gasteiger partial charge in [0.25, 0.3) is 10.1 Å². The fourth-order valence-corrected chi connectivity index (χ4v) is 3.17. The largest absolute Gasteiger partial charge is 0.461 e. The molecular formula is C18H27NO6S. The summed E-state index contributed by atoms with van der Waals surface area (Å²) in [6.45, 7) is 5.18. The van der Waals surface area contributed by atoms with E-state index in [1.54, 1.807) is 13.8 Å². The maximum absolute atomic E-state index is 12.0. The lowest BCUT2D eigenvalue weighted by Gasteiger charge is -2.23. The number of rotatable bonds is 11. The van der Waals surface area contributed by atoms with Crippen molar-refractivity contribution in [1.82, 2.24) is 5.32 Å². The van der Waals surface area contributed by atoms with Gasteiger partial charge in [-0.05, 0) is 17.4 Å². The minimum absolute atomic E-state index is 0.0429. The van der Waals surface area contributed by atoms with Crippen LogP contribution in [0.3, 0.4) is 0 Å². The molecule has 0 aliphatic heterocycles. The molecule has 0 aliphatic rings. The molecule has 1 amide bonds. The third kappa shape index (κ3) is 10.1. The highest BCUT2D eigenvalue weighted by atomic mass is 32.2. The van der Waals surface area contributed by atoms with Crippen molar-refractivity contribution in [1.29, 1.82) is 0 Å². The van der Waals surface area contributed by atoms with E-state index in [0.29, 0.717) is 0 Å². The topological polar surface area (TPSA) is 98.8 Å². The second kappa shape index (κ2) is 10.3. The first-order valence-electron chi connectivity index (χ1n) is 8.41. The average molecular weight is 385 g/mol. The van der Waals surface area contributed by atoms with E-state index in [0.717, 1.165) is 5.56 Å². The smallest absolute Gasteiger partial charge is 0.306 e. The van der Waals surface area contributed by atoms with E-state index in [-0.39, 0.29) is 44.3 Å².